The zero-order valence-corrected chi connectivity index (χ0v) is 9.21. The summed E-state index contributed by atoms with van der Waals surface area (Å²) in [6.45, 7) is 0. The molecule has 0 aliphatic heterocycles. The zero-order valence-electron chi connectivity index (χ0n) is 9.21. The average Bonchev–Trinajstić information content (AvgIpc) is 2.34. The Morgan fingerprint density at radius 3 is 2.56 bits per heavy atom. The van der Waals surface area contributed by atoms with Crippen molar-refractivity contribution < 1.29 is 14.4 Å². The van der Waals surface area contributed by atoms with Crippen molar-refractivity contribution in [3.63, 3.8) is 0 Å². The largest absolute Gasteiger partial charge is 0.466 e. The zero-order chi connectivity index (χ0) is 11.8. The number of benzene rings is 1. The number of rotatable bonds is 4. The minimum atomic E-state index is -0.390. The molecule has 0 spiro atoms. The summed E-state index contributed by atoms with van der Waals surface area (Å²) in [6.07, 6.45) is 4.61. The maximum Gasteiger partial charge on any atom is 0.330 e. The first-order valence-corrected chi connectivity index (χ1v) is 4.69. The highest BCUT2D eigenvalue weighted by molar-refractivity contribution is 5.91. The van der Waals surface area contributed by atoms with Crippen LogP contribution in [0.5, 0.6) is 0 Å². The predicted molar refractivity (Wildman–Crippen MR) is 62.1 cm³/mol. The summed E-state index contributed by atoms with van der Waals surface area (Å²) in [5, 5.41) is 3.67. The molecule has 1 aromatic rings. The quantitative estimate of drug-likeness (QED) is 0.336. The second-order valence-electron chi connectivity index (χ2n) is 2.90. The van der Waals surface area contributed by atoms with Crippen LogP contribution in [-0.2, 0) is 14.4 Å². The monoisotopic (exact) mass is 219 g/mol. The summed E-state index contributed by atoms with van der Waals surface area (Å²) in [5.74, 6) is -0.390. The van der Waals surface area contributed by atoms with E-state index < -0.39 is 5.97 Å². The van der Waals surface area contributed by atoms with Crippen molar-refractivity contribution in [3.05, 3.63) is 41.5 Å². The van der Waals surface area contributed by atoms with E-state index in [1.165, 1.54) is 20.3 Å². The van der Waals surface area contributed by atoms with Gasteiger partial charge >= 0.3 is 5.97 Å². The number of carbonyl (C=O) groups is 1. The number of ether oxygens (including phenoxy) is 1. The van der Waals surface area contributed by atoms with Gasteiger partial charge in [-0.1, -0.05) is 29.4 Å². The maximum absolute atomic E-state index is 10.9. The standard InChI is InChI=1S/C12H13NO3/c1-15-12(14)8-7-10-5-3-4-6-11(10)9-13-16-2/h3-9H,1-2H3/b8-7+,13-9+. The Labute approximate surface area is 94.2 Å². The van der Waals surface area contributed by atoms with Gasteiger partial charge in [-0.25, -0.2) is 4.79 Å². The molecule has 0 heterocycles. The third-order valence-electron chi connectivity index (χ3n) is 1.89. The van der Waals surface area contributed by atoms with Crippen LogP contribution >= 0.6 is 0 Å². The number of hydrogen-bond donors (Lipinski definition) is 0. The molecule has 0 aliphatic rings. The fourth-order valence-electron chi connectivity index (χ4n) is 1.12. The molecule has 0 atom stereocenters. The van der Waals surface area contributed by atoms with Crippen molar-refractivity contribution in [1.82, 2.24) is 0 Å². The number of nitrogens with zero attached hydrogens (tertiary/aromatic N) is 1. The van der Waals surface area contributed by atoms with Crippen LogP contribution in [0.25, 0.3) is 6.08 Å². The van der Waals surface area contributed by atoms with Crippen LogP contribution in [0.4, 0.5) is 0 Å². The Kier molecular flexibility index (Phi) is 4.79. The number of esters is 1. The van der Waals surface area contributed by atoms with Crippen LogP contribution in [0.1, 0.15) is 11.1 Å². The fourth-order valence-corrected chi connectivity index (χ4v) is 1.12. The first-order valence-electron chi connectivity index (χ1n) is 4.69. The summed E-state index contributed by atoms with van der Waals surface area (Å²) in [7, 11) is 2.81. The molecule has 1 rings (SSSR count). The van der Waals surface area contributed by atoms with Gasteiger partial charge in [0.15, 0.2) is 0 Å². The minimum absolute atomic E-state index is 0.390. The molecule has 0 aromatic heterocycles. The van der Waals surface area contributed by atoms with Gasteiger partial charge < -0.3 is 9.57 Å². The summed E-state index contributed by atoms with van der Waals surface area (Å²) >= 11 is 0. The Morgan fingerprint density at radius 1 is 1.25 bits per heavy atom. The van der Waals surface area contributed by atoms with Gasteiger partial charge in [-0.05, 0) is 11.6 Å². The number of carbonyl (C=O) groups excluding carboxylic acids is 1. The van der Waals surface area contributed by atoms with Crippen molar-refractivity contribution in [3.8, 4) is 0 Å². The van der Waals surface area contributed by atoms with Crippen LogP contribution in [0, 0.1) is 0 Å². The van der Waals surface area contributed by atoms with Gasteiger partial charge in [0.2, 0.25) is 0 Å². The highest BCUT2D eigenvalue weighted by Gasteiger charge is 1.97. The Morgan fingerprint density at radius 2 is 1.94 bits per heavy atom. The van der Waals surface area contributed by atoms with E-state index in [4.69, 9.17) is 0 Å². The van der Waals surface area contributed by atoms with Gasteiger partial charge in [0.1, 0.15) is 7.11 Å². The van der Waals surface area contributed by atoms with Crippen LogP contribution in [0.15, 0.2) is 35.5 Å². The van der Waals surface area contributed by atoms with Gasteiger partial charge in [0.05, 0.1) is 13.3 Å². The molecule has 0 saturated heterocycles. The molecule has 0 radical (unpaired) electrons. The topological polar surface area (TPSA) is 47.9 Å². The van der Waals surface area contributed by atoms with Gasteiger partial charge in [-0.15, -0.1) is 0 Å². The van der Waals surface area contributed by atoms with Crippen LogP contribution in [0.2, 0.25) is 0 Å². The van der Waals surface area contributed by atoms with Crippen molar-refractivity contribution >= 4 is 18.3 Å². The Hall–Kier alpha value is -2.10. The van der Waals surface area contributed by atoms with Crippen molar-refractivity contribution in [2.75, 3.05) is 14.2 Å². The molecule has 16 heavy (non-hydrogen) atoms. The number of methoxy groups -OCH3 is 1. The lowest BCUT2D eigenvalue weighted by Crippen LogP contribution is -1.94. The van der Waals surface area contributed by atoms with E-state index in [1.807, 2.05) is 24.3 Å². The first-order chi connectivity index (χ1) is 7.77. The van der Waals surface area contributed by atoms with Crippen LogP contribution in [0.3, 0.4) is 0 Å². The van der Waals surface area contributed by atoms with E-state index in [-0.39, 0.29) is 0 Å². The number of oxime groups is 1. The smallest absolute Gasteiger partial charge is 0.330 e. The molecule has 4 heteroatoms. The highest BCUT2D eigenvalue weighted by Crippen LogP contribution is 2.08. The first kappa shape index (κ1) is 12.0. The van der Waals surface area contributed by atoms with E-state index in [1.54, 1.807) is 12.3 Å². The van der Waals surface area contributed by atoms with Crippen LogP contribution < -0.4 is 0 Å². The van der Waals surface area contributed by atoms with Gasteiger partial charge in [0.25, 0.3) is 0 Å². The van der Waals surface area contributed by atoms with Gasteiger partial charge in [0, 0.05) is 11.6 Å². The highest BCUT2D eigenvalue weighted by atomic mass is 16.6. The normalized spacial score (nSPS) is 10.9. The molecule has 0 fully saturated rings. The van der Waals surface area contributed by atoms with E-state index in [0.29, 0.717) is 0 Å². The molecular formula is C12H13NO3. The minimum Gasteiger partial charge on any atom is -0.466 e. The Balaban J connectivity index is 2.90. The molecule has 0 amide bonds. The SMILES string of the molecule is CO/N=C/c1ccccc1/C=C/C(=O)OC. The van der Waals surface area contributed by atoms with E-state index in [2.05, 4.69) is 14.7 Å². The lowest BCUT2D eigenvalue weighted by molar-refractivity contribution is -0.134. The fraction of sp³-hybridized carbons (Fsp3) is 0.167. The summed E-state index contributed by atoms with van der Waals surface area (Å²) < 4.78 is 4.51. The van der Waals surface area contributed by atoms with Crippen molar-refractivity contribution in [2.45, 2.75) is 0 Å². The lowest BCUT2D eigenvalue weighted by atomic mass is 10.1. The van der Waals surface area contributed by atoms with Crippen molar-refractivity contribution in [2.24, 2.45) is 5.16 Å². The molecule has 0 aliphatic carbocycles. The third-order valence-corrected chi connectivity index (χ3v) is 1.89. The van der Waals surface area contributed by atoms with Crippen molar-refractivity contribution in [1.29, 1.82) is 0 Å². The number of hydrogen-bond acceptors (Lipinski definition) is 4. The molecule has 0 N–H and O–H groups in total. The third kappa shape index (κ3) is 3.57. The van der Waals surface area contributed by atoms with Crippen LogP contribution in [-0.4, -0.2) is 26.4 Å². The van der Waals surface area contributed by atoms with Gasteiger partial charge in [-0.3, -0.25) is 0 Å². The Bertz CT molecular complexity index is 410. The second-order valence-corrected chi connectivity index (χ2v) is 2.90. The maximum atomic E-state index is 10.9. The molecule has 0 saturated carbocycles. The summed E-state index contributed by atoms with van der Waals surface area (Å²) in [6, 6.07) is 7.50. The molecule has 84 valence electrons. The van der Waals surface area contributed by atoms with E-state index in [0.717, 1.165) is 11.1 Å². The van der Waals surface area contributed by atoms with E-state index >= 15 is 0 Å². The predicted octanol–water partition coefficient (Wildman–Crippen LogP) is 1.85. The molecule has 4 nitrogen and oxygen atoms in total. The molecular weight excluding hydrogens is 206 g/mol. The van der Waals surface area contributed by atoms with E-state index in [9.17, 15) is 4.79 Å². The molecule has 1 aromatic carbocycles. The average molecular weight is 219 g/mol. The van der Waals surface area contributed by atoms with Gasteiger partial charge in [-0.2, -0.15) is 0 Å². The summed E-state index contributed by atoms with van der Waals surface area (Å²) in [5.41, 5.74) is 1.73. The molecule has 0 bridgehead atoms. The lowest BCUT2D eigenvalue weighted by Gasteiger charge is -1.98. The molecule has 0 unspecified atom stereocenters. The summed E-state index contributed by atoms with van der Waals surface area (Å²) in [4.78, 5) is 15.5. The second kappa shape index (κ2) is 6.40.